The van der Waals surface area contributed by atoms with Gasteiger partial charge in [-0.1, -0.05) is 42.5 Å². The van der Waals surface area contributed by atoms with Crippen LogP contribution in [-0.4, -0.2) is 18.0 Å². The monoisotopic (exact) mass is 381 g/mol. The number of alkyl halides is 3. The van der Waals surface area contributed by atoms with Gasteiger partial charge in [0.05, 0.1) is 0 Å². The number of amides is 1. The Labute approximate surface area is 154 Å². The number of benzene rings is 2. The average molecular weight is 381 g/mol. The van der Waals surface area contributed by atoms with Gasteiger partial charge in [0, 0.05) is 18.7 Å². The van der Waals surface area contributed by atoms with Gasteiger partial charge in [0.2, 0.25) is 5.91 Å². The van der Waals surface area contributed by atoms with E-state index in [9.17, 15) is 18.0 Å². The third kappa shape index (κ3) is 8.11. The quantitative estimate of drug-likeness (QED) is 0.655. The zero-order valence-corrected chi connectivity index (χ0v) is 14.6. The highest BCUT2D eigenvalue weighted by Crippen LogP contribution is 2.22. The van der Waals surface area contributed by atoms with Gasteiger partial charge in [-0.2, -0.15) is 0 Å². The first-order valence-electron chi connectivity index (χ1n) is 7.87. The molecule has 7 heteroatoms. The molecule has 0 atom stereocenters. The minimum atomic E-state index is -4.71. The molecule has 0 aliphatic carbocycles. The van der Waals surface area contributed by atoms with E-state index in [0.29, 0.717) is 17.7 Å². The van der Waals surface area contributed by atoms with E-state index < -0.39 is 6.36 Å². The number of nitrogens with one attached hydrogen (secondary N) is 1. The number of halogens is 3. The Kier molecular flexibility index (Phi) is 7.59. The number of thioether (sulfide) groups is 1. The molecule has 0 unspecified atom stereocenters. The Morgan fingerprint density at radius 2 is 1.77 bits per heavy atom. The lowest BCUT2D eigenvalue weighted by atomic mass is 10.2. The maximum absolute atomic E-state index is 12.1. The summed E-state index contributed by atoms with van der Waals surface area (Å²) in [5, 5.41) is 4.68. The van der Waals surface area contributed by atoms with E-state index >= 15 is 0 Å². The molecule has 2 aromatic rings. The van der Waals surface area contributed by atoms with Crippen LogP contribution >= 0.6 is 11.8 Å². The highest BCUT2D eigenvalue weighted by atomic mass is 32.2. The number of hydrogen-bond donors (Lipinski definition) is 1. The Balaban J connectivity index is 1.64. The van der Waals surface area contributed by atoms with Crippen LogP contribution in [0.1, 0.15) is 17.5 Å². The Hall–Kier alpha value is -2.41. The normalized spacial score (nSPS) is 11.5. The number of carbonyl (C=O) groups excluding carboxylic acids is 1. The fourth-order valence-electron chi connectivity index (χ4n) is 2.01. The molecule has 0 aliphatic rings. The van der Waals surface area contributed by atoms with Crippen molar-refractivity contribution in [3.05, 3.63) is 71.1 Å². The van der Waals surface area contributed by atoms with E-state index in [4.69, 9.17) is 0 Å². The van der Waals surface area contributed by atoms with Crippen LogP contribution in [0.4, 0.5) is 13.2 Å². The van der Waals surface area contributed by atoms with Crippen LogP contribution in [-0.2, 0) is 11.3 Å². The largest absolute Gasteiger partial charge is 0.573 e. The predicted molar refractivity (Wildman–Crippen MR) is 97.5 cm³/mol. The summed E-state index contributed by atoms with van der Waals surface area (Å²) < 4.78 is 40.0. The molecule has 0 saturated heterocycles. The van der Waals surface area contributed by atoms with Crippen LogP contribution in [0.2, 0.25) is 0 Å². The maximum atomic E-state index is 12.1. The first-order chi connectivity index (χ1) is 12.4. The van der Waals surface area contributed by atoms with Gasteiger partial charge >= 0.3 is 6.36 Å². The van der Waals surface area contributed by atoms with Crippen LogP contribution in [0, 0.1) is 0 Å². The second-order valence-corrected chi connectivity index (χ2v) is 6.32. The number of hydrogen-bond acceptors (Lipinski definition) is 3. The Morgan fingerprint density at radius 1 is 1.08 bits per heavy atom. The first-order valence-corrected chi connectivity index (χ1v) is 8.92. The first kappa shape index (κ1) is 19.9. The summed E-state index contributed by atoms with van der Waals surface area (Å²) >= 11 is 1.54. The summed E-state index contributed by atoms with van der Waals surface area (Å²) in [6.45, 7) is 0.260. The van der Waals surface area contributed by atoms with Crippen molar-refractivity contribution in [2.45, 2.75) is 19.3 Å². The third-order valence-corrected chi connectivity index (χ3v) is 4.02. The van der Waals surface area contributed by atoms with Crippen LogP contribution in [0.15, 0.2) is 60.0 Å². The summed E-state index contributed by atoms with van der Waals surface area (Å²) in [7, 11) is 0. The number of carbonyl (C=O) groups is 1. The molecule has 26 heavy (non-hydrogen) atoms. The zero-order valence-electron chi connectivity index (χ0n) is 13.8. The fraction of sp³-hybridized carbons (Fsp3) is 0.211. The SMILES string of the molecule is O=C(CCSC=Cc1ccccc1)NCc1ccc(OC(F)(F)F)cc1. The van der Waals surface area contributed by atoms with Gasteiger partial charge in [0.15, 0.2) is 0 Å². The molecule has 0 bridgehead atoms. The topological polar surface area (TPSA) is 38.3 Å². The lowest BCUT2D eigenvalue weighted by Crippen LogP contribution is -2.23. The van der Waals surface area contributed by atoms with Crippen LogP contribution in [0.3, 0.4) is 0 Å². The molecule has 1 amide bonds. The molecule has 1 N–H and O–H groups in total. The van der Waals surface area contributed by atoms with Crippen molar-refractivity contribution in [1.29, 1.82) is 0 Å². The Morgan fingerprint density at radius 3 is 2.42 bits per heavy atom. The van der Waals surface area contributed by atoms with Crippen molar-refractivity contribution >= 4 is 23.7 Å². The predicted octanol–water partition coefficient (Wildman–Crippen LogP) is 5.00. The molecular weight excluding hydrogens is 363 g/mol. The zero-order chi connectivity index (χ0) is 18.8. The van der Waals surface area contributed by atoms with Crippen LogP contribution in [0.25, 0.3) is 6.08 Å². The van der Waals surface area contributed by atoms with Crippen molar-refractivity contribution in [3.63, 3.8) is 0 Å². The summed E-state index contributed by atoms with van der Waals surface area (Å²) in [5.41, 5.74) is 1.80. The molecule has 0 heterocycles. The molecule has 0 aromatic heterocycles. The molecular formula is C19H18F3NO2S. The van der Waals surface area contributed by atoms with E-state index in [1.54, 1.807) is 11.8 Å². The van der Waals surface area contributed by atoms with Gasteiger partial charge in [0.25, 0.3) is 0 Å². The van der Waals surface area contributed by atoms with Crippen molar-refractivity contribution in [1.82, 2.24) is 5.32 Å². The molecule has 0 fully saturated rings. The molecule has 0 saturated carbocycles. The second kappa shape index (κ2) is 9.91. The van der Waals surface area contributed by atoms with Crippen molar-refractivity contribution in [3.8, 4) is 5.75 Å². The summed E-state index contributed by atoms with van der Waals surface area (Å²) in [6, 6.07) is 15.3. The van der Waals surface area contributed by atoms with E-state index in [0.717, 1.165) is 5.56 Å². The number of ether oxygens (including phenoxy) is 1. The van der Waals surface area contributed by atoms with Crippen LogP contribution < -0.4 is 10.1 Å². The molecule has 2 rings (SSSR count). The standard InChI is InChI=1S/C19H18F3NO2S/c20-19(21,22)25-17-8-6-16(7-9-17)14-23-18(24)11-13-26-12-10-15-4-2-1-3-5-15/h1-10,12H,11,13-14H2,(H,23,24). The van der Waals surface area contributed by atoms with Gasteiger partial charge in [-0.05, 0) is 34.7 Å². The summed E-state index contributed by atoms with van der Waals surface area (Å²) in [4.78, 5) is 11.8. The second-order valence-electron chi connectivity index (χ2n) is 5.30. The molecule has 0 spiro atoms. The van der Waals surface area contributed by atoms with Crippen LogP contribution in [0.5, 0.6) is 5.75 Å². The molecule has 3 nitrogen and oxygen atoms in total. The lowest BCUT2D eigenvalue weighted by molar-refractivity contribution is -0.274. The highest BCUT2D eigenvalue weighted by Gasteiger charge is 2.30. The van der Waals surface area contributed by atoms with E-state index in [2.05, 4.69) is 10.1 Å². The van der Waals surface area contributed by atoms with E-state index in [1.807, 2.05) is 41.8 Å². The molecule has 0 radical (unpaired) electrons. The summed E-state index contributed by atoms with van der Waals surface area (Å²) in [5.74, 6) is 0.253. The van der Waals surface area contributed by atoms with E-state index in [1.165, 1.54) is 24.3 Å². The third-order valence-electron chi connectivity index (χ3n) is 3.25. The molecule has 2 aromatic carbocycles. The maximum Gasteiger partial charge on any atom is 0.573 e. The summed E-state index contributed by atoms with van der Waals surface area (Å²) in [6.07, 6.45) is -2.37. The molecule has 138 valence electrons. The number of rotatable bonds is 8. The van der Waals surface area contributed by atoms with Gasteiger partial charge < -0.3 is 10.1 Å². The molecule has 0 aliphatic heterocycles. The Bertz CT molecular complexity index is 716. The lowest BCUT2D eigenvalue weighted by Gasteiger charge is -2.09. The van der Waals surface area contributed by atoms with Crippen molar-refractivity contribution < 1.29 is 22.7 Å². The minimum Gasteiger partial charge on any atom is -0.406 e. The van der Waals surface area contributed by atoms with Crippen molar-refractivity contribution in [2.75, 3.05) is 5.75 Å². The highest BCUT2D eigenvalue weighted by molar-refractivity contribution is 8.02. The van der Waals surface area contributed by atoms with Gasteiger partial charge in [-0.15, -0.1) is 24.9 Å². The van der Waals surface area contributed by atoms with Gasteiger partial charge in [-0.25, -0.2) is 0 Å². The smallest absolute Gasteiger partial charge is 0.406 e. The van der Waals surface area contributed by atoms with E-state index in [-0.39, 0.29) is 18.2 Å². The van der Waals surface area contributed by atoms with Gasteiger partial charge in [-0.3, -0.25) is 4.79 Å². The van der Waals surface area contributed by atoms with Gasteiger partial charge in [0.1, 0.15) is 5.75 Å². The fourth-order valence-corrected chi connectivity index (χ4v) is 2.70. The van der Waals surface area contributed by atoms with Crippen molar-refractivity contribution in [2.24, 2.45) is 0 Å². The minimum absolute atomic E-state index is 0.110. The average Bonchev–Trinajstić information content (AvgIpc) is 2.60.